The molecule has 3 aromatic rings. The molecular formula is C19H15NO4. The maximum atomic E-state index is 12.3. The fourth-order valence-electron chi connectivity index (χ4n) is 2.62. The van der Waals surface area contributed by atoms with Crippen LogP contribution in [0.1, 0.15) is 17.3 Å². The molecule has 24 heavy (non-hydrogen) atoms. The van der Waals surface area contributed by atoms with Gasteiger partial charge < -0.3 is 4.74 Å². The van der Waals surface area contributed by atoms with Crippen LogP contribution in [-0.4, -0.2) is 17.5 Å². The topological polar surface area (TPSA) is 69.4 Å². The fourth-order valence-corrected chi connectivity index (χ4v) is 2.62. The Morgan fingerprint density at radius 1 is 1.04 bits per heavy atom. The minimum Gasteiger partial charge on any atom is -0.462 e. The minimum atomic E-state index is -0.448. The molecule has 0 saturated carbocycles. The summed E-state index contributed by atoms with van der Waals surface area (Å²) in [6.45, 7) is 2.04. The van der Waals surface area contributed by atoms with Crippen molar-refractivity contribution in [1.82, 2.24) is 0 Å². The van der Waals surface area contributed by atoms with Crippen LogP contribution in [0.5, 0.6) is 0 Å². The summed E-state index contributed by atoms with van der Waals surface area (Å²) >= 11 is 0. The van der Waals surface area contributed by atoms with E-state index in [0.717, 1.165) is 16.3 Å². The van der Waals surface area contributed by atoms with Gasteiger partial charge in [-0.25, -0.2) is 4.79 Å². The van der Waals surface area contributed by atoms with Gasteiger partial charge in [0.05, 0.1) is 17.1 Å². The van der Waals surface area contributed by atoms with Crippen LogP contribution in [0, 0.1) is 10.1 Å². The number of hydrogen-bond acceptors (Lipinski definition) is 4. The molecule has 3 rings (SSSR count). The molecule has 0 aliphatic heterocycles. The molecule has 3 aromatic carbocycles. The largest absolute Gasteiger partial charge is 0.462 e. The Labute approximate surface area is 138 Å². The first-order valence-corrected chi connectivity index (χ1v) is 7.55. The second-order valence-electron chi connectivity index (χ2n) is 5.27. The van der Waals surface area contributed by atoms with Gasteiger partial charge in [-0.3, -0.25) is 10.1 Å². The van der Waals surface area contributed by atoms with Crippen LogP contribution in [0.3, 0.4) is 0 Å². The number of rotatable bonds is 4. The number of ether oxygens (including phenoxy) is 1. The number of esters is 1. The lowest BCUT2D eigenvalue weighted by molar-refractivity contribution is -0.384. The first kappa shape index (κ1) is 15.7. The van der Waals surface area contributed by atoms with Crippen molar-refractivity contribution >= 4 is 22.4 Å². The number of non-ortho nitro benzene ring substituents is 1. The Hall–Kier alpha value is -3.21. The normalized spacial score (nSPS) is 10.5. The van der Waals surface area contributed by atoms with Crippen molar-refractivity contribution in [2.75, 3.05) is 6.61 Å². The zero-order valence-corrected chi connectivity index (χ0v) is 13.1. The minimum absolute atomic E-state index is 0.0113. The summed E-state index contributed by atoms with van der Waals surface area (Å²) in [5.41, 5.74) is 1.89. The number of carbonyl (C=O) groups is 1. The number of carbonyl (C=O) groups excluding carboxylic acids is 1. The van der Waals surface area contributed by atoms with Crippen LogP contribution >= 0.6 is 0 Å². The van der Waals surface area contributed by atoms with Crippen molar-refractivity contribution in [3.63, 3.8) is 0 Å². The van der Waals surface area contributed by atoms with Gasteiger partial charge >= 0.3 is 5.97 Å². The average molecular weight is 321 g/mol. The van der Waals surface area contributed by atoms with Gasteiger partial charge in [0.1, 0.15) is 0 Å². The quantitative estimate of drug-likeness (QED) is 0.400. The van der Waals surface area contributed by atoms with Crippen molar-refractivity contribution in [1.29, 1.82) is 0 Å². The van der Waals surface area contributed by atoms with E-state index in [2.05, 4.69) is 0 Å². The molecule has 0 bridgehead atoms. The summed E-state index contributed by atoms with van der Waals surface area (Å²) in [7, 11) is 0. The van der Waals surface area contributed by atoms with E-state index in [1.54, 1.807) is 25.1 Å². The first-order chi connectivity index (χ1) is 11.6. The van der Waals surface area contributed by atoms with Crippen molar-refractivity contribution in [2.45, 2.75) is 6.92 Å². The van der Waals surface area contributed by atoms with E-state index in [-0.39, 0.29) is 12.3 Å². The van der Waals surface area contributed by atoms with E-state index in [1.807, 2.05) is 30.3 Å². The predicted molar refractivity (Wildman–Crippen MR) is 92.0 cm³/mol. The van der Waals surface area contributed by atoms with Crippen LogP contribution in [0.4, 0.5) is 5.69 Å². The van der Waals surface area contributed by atoms with Gasteiger partial charge in [0.15, 0.2) is 0 Å². The van der Waals surface area contributed by atoms with Gasteiger partial charge in [-0.15, -0.1) is 0 Å². The summed E-state index contributed by atoms with van der Waals surface area (Å²) in [6, 6.07) is 17.6. The standard InChI is InChI=1S/C19H15NO4/c1-2-24-19(21)18-12-15-6-4-3-5-14(15)11-17(18)13-7-9-16(10-8-13)20(22)23/h3-12H,2H2,1H3. The van der Waals surface area contributed by atoms with Gasteiger partial charge in [0.25, 0.3) is 5.69 Å². The van der Waals surface area contributed by atoms with Crippen molar-refractivity contribution in [2.24, 2.45) is 0 Å². The van der Waals surface area contributed by atoms with Crippen LogP contribution in [0.25, 0.3) is 21.9 Å². The number of fused-ring (bicyclic) bond motifs is 1. The molecule has 0 aliphatic carbocycles. The van der Waals surface area contributed by atoms with Gasteiger partial charge in [-0.05, 0) is 53.1 Å². The van der Waals surface area contributed by atoms with E-state index >= 15 is 0 Å². The lowest BCUT2D eigenvalue weighted by atomic mass is 9.95. The zero-order valence-electron chi connectivity index (χ0n) is 13.1. The summed E-state index contributed by atoms with van der Waals surface area (Å²) in [6.07, 6.45) is 0. The highest BCUT2D eigenvalue weighted by Crippen LogP contribution is 2.30. The first-order valence-electron chi connectivity index (χ1n) is 7.55. The Kier molecular flexibility index (Phi) is 4.24. The summed E-state index contributed by atoms with van der Waals surface area (Å²) in [5.74, 6) is -0.406. The van der Waals surface area contributed by atoms with E-state index in [9.17, 15) is 14.9 Å². The molecule has 120 valence electrons. The SMILES string of the molecule is CCOC(=O)c1cc2ccccc2cc1-c1ccc([N+](=O)[O-])cc1. The van der Waals surface area contributed by atoms with Crippen LogP contribution < -0.4 is 0 Å². The molecule has 0 radical (unpaired) electrons. The average Bonchev–Trinajstić information content (AvgIpc) is 2.61. The molecule has 0 heterocycles. The van der Waals surface area contributed by atoms with Crippen molar-refractivity contribution < 1.29 is 14.5 Å². The summed E-state index contributed by atoms with van der Waals surface area (Å²) < 4.78 is 5.15. The maximum absolute atomic E-state index is 12.3. The third-order valence-corrected chi connectivity index (χ3v) is 3.77. The molecule has 0 unspecified atom stereocenters. The highest BCUT2D eigenvalue weighted by molar-refractivity contribution is 6.03. The molecule has 5 nitrogen and oxygen atoms in total. The molecule has 0 atom stereocenters. The molecular weight excluding hydrogens is 306 g/mol. The zero-order chi connectivity index (χ0) is 17.1. The molecule has 0 saturated heterocycles. The smallest absolute Gasteiger partial charge is 0.338 e. The van der Waals surface area contributed by atoms with Crippen molar-refractivity contribution in [3.05, 3.63) is 76.3 Å². The Balaban J connectivity index is 2.18. The van der Waals surface area contributed by atoms with E-state index in [0.29, 0.717) is 11.1 Å². The lowest BCUT2D eigenvalue weighted by Gasteiger charge is -2.11. The van der Waals surface area contributed by atoms with Crippen molar-refractivity contribution in [3.8, 4) is 11.1 Å². The Bertz CT molecular complexity index is 916. The number of nitro groups is 1. The van der Waals surface area contributed by atoms with Crippen LogP contribution in [-0.2, 0) is 4.74 Å². The third-order valence-electron chi connectivity index (χ3n) is 3.77. The monoisotopic (exact) mass is 321 g/mol. The molecule has 5 heteroatoms. The van der Waals surface area contributed by atoms with Gasteiger partial charge in [-0.1, -0.05) is 24.3 Å². The van der Waals surface area contributed by atoms with Crippen LogP contribution in [0.2, 0.25) is 0 Å². The number of nitro benzene ring substituents is 1. The van der Waals surface area contributed by atoms with Crippen LogP contribution in [0.15, 0.2) is 60.7 Å². The van der Waals surface area contributed by atoms with E-state index in [1.165, 1.54) is 12.1 Å². The number of benzene rings is 3. The molecule has 0 amide bonds. The summed E-state index contributed by atoms with van der Waals surface area (Å²) in [4.78, 5) is 22.7. The number of nitrogens with zero attached hydrogens (tertiary/aromatic N) is 1. The van der Waals surface area contributed by atoms with Gasteiger partial charge in [-0.2, -0.15) is 0 Å². The lowest BCUT2D eigenvalue weighted by Crippen LogP contribution is -2.06. The van der Waals surface area contributed by atoms with Gasteiger partial charge in [0, 0.05) is 12.1 Å². The molecule has 0 spiro atoms. The molecule has 0 N–H and O–H groups in total. The van der Waals surface area contributed by atoms with E-state index < -0.39 is 10.9 Å². The predicted octanol–water partition coefficient (Wildman–Crippen LogP) is 4.59. The fraction of sp³-hybridized carbons (Fsp3) is 0.105. The second-order valence-corrected chi connectivity index (χ2v) is 5.27. The summed E-state index contributed by atoms with van der Waals surface area (Å²) in [5, 5.41) is 12.7. The Morgan fingerprint density at radius 3 is 2.25 bits per heavy atom. The highest BCUT2D eigenvalue weighted by atomic mass is 16.6. The second kappa shape index (κ2) is 6.50. The molecule has 0 fully saturated rings. The highest BCUT2D eigenvalue weighted by Gasteiger charge is 2.16. The number of hydrogen-bond donors (Lipinski definition) is 0. The maximum Gasteiger partial charge on any atom is 0.338 e. The Morgan fingerprint density at radius 2 is 1.67 bits per heavy atom. The van der Waals surface area contributed by atoms with E-state index in [4.69, 9.17) is 4.74 Å². The van der Waals surface area contributed by atoms with Gasteiger partial charge in [0.2, 0.25) is 0 Å². The molecule has 0 aromatic heterocycles. The molecule has 0 aliphatic rings. The third kappa shape index (κ3) is 2.96.